The number of carbonyl (C=O) groups is 1. The standard InChI is InChI=1S/C20H17BrClN3O3/c1-11-3-4-12(2)25(11)14-5-6-15(17(22)8-14)20(28)24-23-10-13-7-16(21)19(27)9-18(13)26/h3-10,26-27H,1-2H3,(H,24,28)/b23-10-. The number of nitrogens with zero attached hydrogens (tertiary/aromatic N) is 2. The third-order valence-electron chi connectivity index (χ3n) is 4.19. The zero-order chi connectivity index (χ0) is 20.4. The normalized spacial score (nSPS) is 11.1. The Morgan fingerprint density at radius 3 is 2.43 bits per heavy atom. The molecule has 0 unspecified atom stereocenters. The van der Waals surface area contributed by atoms with Gasteiger partial charge >= 0.3 is 0 Å². The van der Waals surface area contributed by atoms with Crippen LogP contribution in [0.25, 0.3) is 5.69 Å². The molecule has 0 saturated heterocycles. The lowest BCUT2D eigenvalue weighted by Gasteiger charge is -2.11. The van der Waals surface area contributed by atoms with E-state index in [1.807, 2.05) is 36.6 Å². The van der Waals surface area contributed by atoms with Gasteiger partial charge in [-0.1, -0.05) is 11.6 Å². The van der Waals surface area contributed by atoms with Crippen LogP contribution in [-0.2, 0) is 0 Å². The van der Waals surface area contributed by atoms with E-state index in [-0.39, 0.29) is 17.1 Å². The molecule has 0 atom stereocenters. The van der Waals surface area contributed by atoms with Gasteiger partial charge in [0.1, 0.15) is 11.5 Å². The molecule has 6 nitrogen and oxygen atoms in total. The Morgan fingerprint density at radius 1 is 1.11 bits per heavy atom. The highest BCUT2D eigenvalue weighted by Gasteiger charge is 2.12. The summed E-state index contributed by atoms with van der Waals surface area (Å²) in [4.78, 5) is 12.4. The summed E-state index contributed by atoms with van der Waals surface area (Å²) in [5.74, 6) is -0.747. The van der Waals surface area contributed by atoms with Crippen LogP contribution in [0.5, 0.6) is 11.5 Å². The number of amides is 1. The van der Waals surface area contributed by atoms with Gasteiger partial charge in [0.05, 0.1) is 21.3 Å². The molecular weight excluding hydrogens is 446 g/mol. The molecule has 28 heavy (non-hydrogen) atoms. The lowest BCUT2D eigenvalue weighted by atomic mass is 10.2. The van der Waals surface area contributed by atoms with Crippen molar-refractivity contribution in [1.82, 2.24) is 9.99 Å². The van der Waals surface area contributed by atoms with Crippen LogP contribution >= 0.6 is 27.5 Å². The molecule has 0 spiro atoms. The van der Waals surface area contributed by atoms with Crippen molar-refractivity contribution in [3.05, 3.63) is 74.5 Å². The number of phenols is 2. The number of rotatable bonds is 4. The van der Waals surface area contributed by atoms with E-state index >= 15 is 0 Å². The minimum Gasteiger partial charge on any atom is -0.507 e. The average molecular weight is 463 g/mol. The van der Waals surface area contributed by atoms with Crippen molar-refractivity contribution < 1.29 is 15.0 Å². The van der Waals surface area contributed by atoms with Crippen LogP contribution in [0, 0.1) is 13.8 Å². The second kappa shape index (κ2) is 8.08. The fourth-order valence-electron chi connectivity index (χ4n) is 2.79. The molecule has 0 fully saturated rings. The van der Waals surface area contributed by atoms with Crippen LogP contribution < -0.4 is 5.43 Å². The first-order valence-corrected chi connectivity index (χ1v) is 9.44. The van der Waals surface area contributed by atoms with Gasteiger partial charge in [0.2, 0.25) is 0 Å². The molecule has 1 aromatic heterocycles. The van der Waals surface area contributed by atoms with Crippen molar-refractivity contribution in [2.75, 3.05) is 0 Å². The van der Waals surface area contributed by atoms with E-state index in [1.54, 1.807) is 12.1 Å². The summed E-state index contributed by atoms with van der Waals surface area (Å²) in [7, 11) is 0. The number of aromatic hydroxyl groups is 2. The number of benzene rings is 2. The molecule has 2 aromatic carbocycles. The molecule has 3 rings (SSSR count). The second-order valence-electron chi connectivity index (χ2n) is 6.18. The number of phenolic OH excluding ortho intramolecular Hbond substituents is 2. The van der Waals surface area contributed by atoms with Crippen molar-refractivity contribution >= 4 is 39.7 Å². The van der Waals surface area contributed by atoms with Gasteiger partial charge < -0.3 is 14.8 Å². The van der Waals surface area contributed by atoms with Gasteiger partial charge in [-0.25, -0.2) is 5.43 Å². The van der Waals surface area contributed by atoms with Gasteiger partial charge in [0.25, 0.3) is 5.91 Å². The summed E-state index contributed by atoms with van der Waals surface area (Å²) in [5.41, 5.74) is 5.97. The van der Waals surface area contributed by atoms with Crippen LogP contribution in [0.4, 0.5) is 0 Å². The third kappa shape index (κ3) is 4.05. The molecule has 0 aliphatic heterocycles. The molecule has 1 amide bonds. The van der Waals surface area contributed by atoms with Crippen molar-refractivity contribution in [1.29, 1.82) is 0 Å². The number of hydrazone groups is 1. The highest BCUT2D eigenvalue weighted by Crippen LogP contribution is 2.30. The first-order valence-electron chi connectivity index (χ1n) is 8.27. The molecule has 0 aliphatic carbocycles. The number of carbonyl (C=O) groups excluding carboxylic acids is 1. The first kappa shape index (κ1) is 20.0. The van der Waals surface area contributed by atoms with Crippen LogP contribution in [0.15, 0.2) is 52.0 Å². The molecule has 144 valence electrons. The van der Waals surface area contributed by atoms with E-state index in [9.17, 15) is 15.0 Å². The lowest BCUT2D eigenvalue weighted by molar-refractivity contribution is 0.0955. The molecular formula is C20H17BrClN3O3. The van der Waals surface area contributed by atoms with E-state index in [1.165, 1.54) is 18.3 Å². The summed E-state index contributed by atoms with van der Waals surface area (Å²) in [6.45, 7) is 3.99. The fraction of sp³-hybridized carbons (Fsp3) is 0.100. The monoisotopic (exact) mass is 461 g/mol. The smallest absolute Gasteiger partial charge is 0.272 e. The molecule has 0 saturated carbocycles. The first-order chi connectivity index (χ1) is 13.3. The van der Waals surface area contributed by atoms with Crippen molar-refractivity contribution in [3.8, 4) is 17.2 Å². The Bertz CT molecular complexity index is 1070. The Hall–Kier alpha value is -2.77. The van der Waals surface area contributed by atoms with E-state index in [0.717, 1.165) is 17.1 Å². The summed E-state index contributed by atoms with van der Waals surface area (Å²) in [6.07, 6.45) is 1.27. The maximum absolute atomic E-state index is 12.4. The van der Waals surface area contributed by atoms with Gasteiger partial charge in [-0.2, -0.15) is 5.10 Å². The van der Waals surface area contributed by atoms with Crippen molar-refractivity contribution in [3.63, 3.8) is 0 Å². The van der Waals surface area contributed by atoms with Crippen molar-refractivity contribution in [2.24, 2.45) is 5.10 Å². The largest absolute Gasteiger partial charge is 0.507 e. The van der Waals surface area contributed by atoms with Gasteiger partial charge in [-0.3, -0.25) is 4.79 Å². The molecule has 0 radical (unpaired) electrons. The van der Waals surface area contributed by atoms with Gasteiger partial charge in [-0.15, -0.1) is 0 Å². The number of aromatic nitrogens is 1. The van der Waals surface area contributed by atoms with Crippen LogP contribution in [-0.4, -0.2) is 26.9 Å². The number of aryl methyl sites for hydroxylation is 2. The van der Waals surface area contributed by atoms with Gasteiger partial charge in [-0.05, 0) is 66.2 Å². The predicted octanol–water partition coefficient (Wildman–Crippen LogP) is 4.69. The Kier molecular flexibility index (Phi) is 5.76. The van der Waals surface area contributed by atoms with Gasteiger partial charge in [0.15, 0.2) is 0 Å². The molecule has 8 heteroatoms. The van der Waals surface area contributed by atoms with E-state index in [2.05, 4.69) is 26.5 Å². The SMILES string of the molecule is Cc1ccc(C)n1-c1ccc(C(=O)N/N=C\c2cc(Br)c(O)cc2O)c(Cl)c1. The zero-order valence-corrected chi connectivity index (χ0v) is 17.4. The Balaban J connectivity index is 1.77. The predicted molar refractivity (Wildman–Crippen MR) is 113 cm³/mol. The van der Waals surface area contributed by atoms with Crippen molar-refractivity contribution in [2.45, 2.75) is 13.8 Å². The molecule has 1 heterocycles. The van der Waals surface area contributed by atoms with E-state index < -0.39 is 5.91 Å². The number of nitrogens with one attached hydrogen (secondary N) is 1. The lowest BCUT2D eigenvalue weighted by Crippen LogP contribution is -2.18. The number of hydrogen-bond donors (Lipinski definition) is 3. The fourth-order valence-corrected chi connectivity index (χ4v) is 3.41. The second-order valence-corrected chi connectivity index (χ2v) is 7.44. The van der Waals surface area contributed by atoms with Crippen LogP contribution in [0.3, 0.4) is 0 Å². The third-order valence-corrected chi connectivity index (χ3v) is 5.14. The number of halogens is 2. The molecule has 0 aliphatic rings. The quantitative estimate of drug-likeness (QED) is 0.388. The Labute approximate surface area is 175 Å². The summed E-state index contributed by atoms with van der Waals surface area (Å²) in [6, 6.07) is 11.8. The minimum absolute atomic E-state index is 0.0984. The zero-order valence-electron chi connectivity index (χ0n) is 15.1. The summed E-state index contributed by atoms with van der Waals surface area (Å²) < 4.78 is 2.43. The summed E-state index contributed by atoms with van der Waals surface area (Å²) >= 11 is 9.46. The number of hydrogen-bond acceptors (Lipinski definition) is 4. The highest BCUT2D eigenvalue weighted by molar-refractivity contribution is 9.10. The van der Waals surface area contributed by atoms with Crippen LogP contribution in [0.2, 0.25) is 5.02 Å². The van der Waals surface area contributed by atoms with E-state index in [4.69, 9.17) is 11.6 Å². The van der Waals surface area contributed by atoms with Gasteiger partial charge in [0, 0.05) is 28.7 Å². The molecule has 0 bridgehead atoms. The Morgan fingerprint density at radius 2 is 1.79 bits per heavy atom. The van der Waals surface area contributed by atoms with Crippen LogP contribution in [0.1, 0.15) is 27.3 Å². The minimum atomic E-state index is -0.480. The highest BCUT2D eigenvalue weighted by atomic mass is 79.9. The van der Waals surface area contributed by atoms with E-state index in [0.29, 0.717) is 15.1 Å². The maximum Gasteiger partial charge on any atom is 0.272 e. The maximum atomic E-state index is 12.4. The summed E-state index contributed by atoms with van der Waals surface area (Å²) in [5, 5.41) is 23.4. The topological polar surface area (TPSA) is 86.9 Å². The molecule has 3 aromatic rings. The average Bonchev–Trinajstić information content (AvgIpc) is 2.97. The molecule has 3 N–H and O–H groups in total.